The monoisotopic (exact) mass is 1720 g/mol. The van der Waals surface area contributed by atoms with Crippen molar-refractivity contribution in [1.82, 2.24) is 94.7 Å². The van der Waals surface area contributed by atoms with Crippen LogP contribution in [0.4, 0.5) is 0 Å². The van der Waals surface area contributed by atoms with Crippen molar-refractivity contribution in [2.45, 2.75) is 83.1 Å². The van der Waals surface area contributed by atoms with E-state index in [1.54, 1.807) is 43.4 Å². The number of hydrogen-bond donors (Lipinski definition) is 0. The van der Waals surface area contributed by atoms with Crippen LogP contribution in [0.2, 0.25) is 0 Å². The highest BCUT2D eigenvalue weighted by Crippen LogP contribution is 2.20. The van der Waals surface area contributed by atoms with Crippen molar-refractivity contribution in [3.63, 3.8) is 0 Å². The molecule has 0 atom stereocenters. The van der Waals surface area contributed by atoms with Crippen LogP contribution in [-0.2, 0) is 0 Å². The molecule has 648 valence electrons. The van der Waals surface area contributed by atoms with Gasteiger partial charge in [-0.15, -0.1) is 0 Å². The zero-order valence-corrected chi connectivity index (χ0v) is 76.0. The second-order valence-electron chi connectivity index (χ2n) is 31.0. The van der Waals surface area contributed by atoms with E-state index in [1.807, 2.05) is 312 Å². The van der Waals surface area contributed by atoms with Gasteiger partial charge in [0.05, 0.1) is 61.5 Å². The Labute approximate surface area is 768 Å². The highest BCUT2D eigenvalue weighted by atomic mass is 14.9. The van der Waals surface area contributed by atoms with Crippen LogP contribution in [0.3, 0.4) is 0 Å². The third-order valence-corrected chi connectivity index (χ3v) is 20.1. The minimum absolute atomic E-state index is 0.818. The minimum atomic E-state index is 0.818. The van der Waals surface area contributed by atoms with Crippen molar-refractivity contribution in [2.75, 3.05) is 0 Å². The van der Waals surface area contributed by atoms with E-state index in [0.29, 0.717) is 0 Å². The van der Waals surface area contributed by atoms with Gasteiger partial charge in [0.1, 0.15) is 5.82 Å². The second-order valence-corrected chi connectivity index (χ2v) is 31.0. The molecule has 0 fully saturated rings. The van der Waals surface area contributed by atoms with E-state index in [1.165, 1.54) is 65.3 Å². The Bertz CT molecular complexity index is 6230. The molecule has 0 N–H and O–H groups in total. The molecule has 19 nitrogen and oxygen atoms in total. The van der Waals surface area contributed by atoms with Gasteiger partial charge in [0.25, 0.3) is 0 Å². The average Bonchev–Trinajstić information content (AvgIpc) is 0.941. The van der Waals surface area contributed by atoms with Gasteiger partial charge in [-0.25, -0.2) is 34.9 Å². The molecule has 0 unspecified atom stereocenters. The topological polar surface area (TPSA) is 245 Å². The van der Waals surface area contributed by atoms with E-state index in [-0.39, 0.29) is 0 Å². The lowest BCUT2D eigenvalue weighted by Gasteiger charge is -1.96. The first-order chi connectivity index (χ1) is 64.3. The van der Waals surface area contributed by atoms with Gasteiger partial charge in [-0.05, 0) is 274 Å². The maximum Gasteiger partial charge on any atom is 0.159 e. The Morgan fingerprint density at radius 3 is 1.23 bits per heavy atom. The van der Waals surface area contributed by atoms with Crippen LogP contribution in [0.1, 0.15) is 67.9 Å². The van der Waals surface area contributed by atoms with Crippen LogP contribution in [0.15, 0.2) is 396 Å². The molecule has 19 heteroatoms. The molecule has 0 aliphatic heterocycles. The summed E-state index contributed by atoms with van der Waals surface area (Å²) in [7, 11) is 0. The molecule has 0 aliphatic rings. The maximum atomic E-state index is 4.38. The third-order valence-electron chi connectivity index (χ3n) is 20.1. The average molecular weight is 1730 g/mol. The number of para-hydroxylation sites is 4. The maximum absolute atomic E-state index is 4.38. The molecule has 17 heterocycles. The molecular formula is C113H101N19. The summed E-state index contributed by atoms with van der Waals surface area (Å²) in [6, 6.07) is 99.3. The fraction of sp³-hybridized carbons (Fsp3) is 0.106. The third kappa shape index (κ3) is 28.5. The lowest BCUT2D eigenvalue weighted by atomic mass is 10.1. The fourth-order valence-electron chi connectivity index (χ4n) is 13.4. The van der Waals surface area contributed by atoms with E-state index < -0.39 is 0 Å². The Balaban J connectivity index is 0.000000122. The lowest BCUT2D eigenvalue weighted by Crippen LogP contribution is -1.86. The Morgan fingerprint density at radius 1 is 0.144 bits per heavy atom. The van der Waals surface area contributed by atoms with Gasteiger partial charge in [-0.2, -0.15) is 0 Å². The normalized spacial score (nSPS) is 10.3. The Morgan fingerprint density at radius 2 is 0.530 bits per heavy atom. The molecule has 0 spiro atoms. The van der Waals surface area contributed by atoms with Gasteiger partial charge in [0.15, 0.2) is 11.3 Å². The molecule has 0 bridgehead atoms. The number of pyridine rings is 15. The number of aromatic nitrogens is 19. The van der Waals surface area contributed by atoms with E-state index >= 15 is 0 Å². The summed E-state index contributed by atoms with van der Waals surface area (Å²) in [6.07, 6.45) is 29.0. The van der Waals surface area contributed by atoms with E-state index in [0.717, 1.165) is 134 Å². The summed E-state index contributed by atoms with van der Waals surface area (Å²) in [5, 5.41) is 15.4. The molecule has 0 amide bonds. The number of hydrogen-bond acceptors (Lipinski definition) is 19. The summed E-state index contributed by atoms with van der Waals surface area (Å²) in [5.74, 6) is 0.823. The van der Waals surface area contributed by atoms with Crippen molar-refractivity contribution >= 4 is 131 Å². The predicted molar refractivity (Wildman–Crippen MR) is 542 cm³/mol. The summed E-state index contributed by atoms with van der Waals surface area (Å²) in [6.45, 7) is 24.1. The smallest absolute Gasteiger partial charge is 0.159 e. The minimum Gasteiger partial charge on any atom is -0.264 e. The van der Waals surface area contributed by atoms with Gasteiger partial charge in [-0.3, -0.25) is 59.8 Å². The van der Waals surface area contributed by atoms with Crippen LogP contribution in [0, 0.1) is 83.1 Å². The van der Waals surface area contributed by atoms with Gasteiger partial charge >= 0.3 is 0 Å². The van der Waals surface area contributed by atoms with Crippen molar-refractivity contribution in [3.05, 3.63) is 464 Å². The van der Waals surface area contributed by atoms with Gasteiger partial charge in [-0.1, -0.05) is 145 Å². The molecular weight excluding hydrogens is 1620 g/mol. The largest absolute Gasteiger partial charge is 0.264 e. The van der Waals surface area contributed by atoms with Crippen molar-refractivity contribution in [2.24, 2.45) is 0 Å². The summed E-state index contributed by atoms with van der Waals surface area (Å²) >= 11 is 0. The van der Waals surface area contributed by atoms with E-state index in [9.17, 15) is 0 Å². The molecule has 24 rings (SSSR count). The summed E-state index contributed by atoms with van der Waals surface area (Å²) in [5.41, 5.74) is 22.9. The van der Waals surface area contributed by atoms with E-state index in [2.05, 4.69) is 219 Å². The van der Waals surface area contributed by atoms with Crippen LogP contribution in [-0.4, -0.2) is 94.7 Å². The molecule has 7 aromatic carbocycles. The highest BCUT2D eigenvalue weighted by molar-refractivity contribution is 5.86. The first-order valence-corrected chi connectivity index (χ1v) is 43.2. The van der Waals surface area contributed by atoms with Crippen molar-refractivity contribution < 1.29 is 0 Å². The van der Waals surface area contributed by atoms with Gasteiger partial charge < -0.3 is 0 Å². The highest BCUT2D eigenvalue weighted by Gasteiger charge is 2.02. The van der Waals surface area contributed by atoms with Gasteiger partial charge in [0.2, 0.25) is 0 Å². The van der Waals surface area contributed by atoms with E-state index in [4.69, 9.17) is 0 Å². The SMILES string of the molecule is Cc1cc2ccccc2cn1.Cc1ccc2ccccc2n1.Cc1ccc2cccnc2c1.Cc1ccc2cccnc2n1.Cc1ccc2ccncc2c1.Cc1ccc2ccncc2n1.Cc1ccc2cnccc2c1.Cc1ccc2cnccc2n1.Cc1ccc2ncccc2n1.Cc1cnc2ccccc2n1.Cc1cnc2ncccc2c1.Cc1ncc2ccccc2n1. The summed E-state index contributed by atoms with van der Waals surface area (Å²) < 4.78 is 0. The van der Waals surface area contributed by atoms with Crippen LogP contribution in [0.5, 0.6) is 0 Å². The quantitative estimate of drug-likeness (QED) is 0.137. The standard InChI is InChI=1S/5C10H9N.7C9H8N2/c1-8-2-3-10-7-11-5-4-9(10)6-8;1-8-2-3-9-4-5-11-7-10(9)6-8;1-8-4-5-9-3-2-6-11-10(9)7-8;1-8-6-9-4-2-3-5-10(9)7-11-8;1-8-6-7-9-4-2-3-5-10(9)11-8;1-7-2-3-8-6-10-5-4-9(8)11-7;1-7-2-3-8-4-5-10-6-9(8)11-7;1-7-4-5-8-9(11-7)3-2-6-10-8;1-7-4-5-8-3-2-6-10-9(8)11-7;1-7-5-8-3-2-4-10-9(8)11-6-7;1-7-10-6-8-4-2-3-5-9(8)11-7;1-7-6-10-8-4-2-3-5-9(8)11-7/h5*2-7H,1H3;7*2-6H,1H3. The number of aryl methyl sites for hydroxylation is 12. The predicted octanol–water partition coefficient (Wildman–Crippen LogP) is 26.3. The zero-order valence-electron chi connectivity index (χ0n) is 76.0. The lowest BCUT2D eigenvalue weighted by molar-refractivity contribution is 1.09. The number of fused-ring (bicyclic) bond motifs is 12. The van der Waals surface area contributed by atoms with Crippen molar-refractivity contribution in [1.29, 1.82) is 0 Å². The Kier molecular flexibility index (Phi) is 33.4. The molecule has 24 aromatic rings. The fourth-order valence-corrected chi connectivity index (χ4v) is 13.4. The van der Waals surface area contributed by atoms with Crippen LogP contribution >= 0.6 is 0 Å². The molecule has 0 aliphatic carbocycles. The summed E-state index contributed by atoms with van der Waals surface area (Å²) in [4.78, 5) is 79.6. The molecule has 0 saturated carbocycles. The van der Waals surface area contributed by atoms with Gasteiger partial charge in [0, 0.05) is 181 Å². The Hall–Kier alpha value is -16.9. The van der Waals surface area contributed by atoms with Crippen LogP contribution in [0.25, 0.3) is 131 Å². The van der Waals surface area contributed by atoms with Crippen LogP contribution < -0.4 is 0 Å². The number of benzene rings is 7. The second kappa shape index (κ2) is 47.6. The molecule has 132 heavy (non-hydrogen) atoms. The molecule has 0 radical (unpaired) electrons. The van der Waals surface area contributed by atoms with Crippen molar-refractivity contribution in [3.8, 4) is 0 Å². The first kappa shape index (κ1) is 92.7. The molecule has 17 aromatic heterocycles. The first-order valence-electron chi connectivity index (χ1n) is 43.2. The molecule has 0 saturated heterocycles. The number of rotatable bonds is 0. The zero-order chi connectivity index (χ0) is 92.2. The number of nitrogens with zero attached hydrogens (tertiary/aromatic N) is 19.